The third kappa shape index (κ3) is 7.38. The van der Waals surface area contributed by atoms with Crippen LogP contribution in [0.25, 0.3) is 0 Å². The van der Waals surface area contributed by atoms with Crippen molar-refractivity contribution in [1.82, 2.24) is 10.2 Å². The zero-order valence-electron chi connectivity index (χ0n) is 20.5. The summed E-state index contributed by atoms with van der Waals surface area (Å²) in [5.74, 6) is -1.93. The van der Waals surface area contributed by atoms with Crippen LogP contribution in [0.1, 0.15) is 11.1 Å². The highest BCUT2D eigenvalue weighted by Crippen LogP contribution is 2.29. The van der Waals surface area contributed by atoms with Crippen molar-refractivity contribution in [3.05, 3.63) is 98.7 Å². The van der Waals surface area contributed by atoms with E-state index in [9.17, 15) is 22.4 Å². The zero-order chi connectivity index (χ0) is 28.0. The summed E-state index contributed by atoms with van der Waals surface area (Å²) < 4.78 is 40.0. The maximum absolute atomic E-state index is 13.9. The summed E-state index contributed by atoms with van der Waals surface area (Å²) >= 11 is 18.6. The highest BCUT2D eigenvalue weighted by atomic mass is 35.5. The van der Waals surface area contributed by atoms with Crippen LogP contribution in [-0.4, -0.2) is 51.0 Å². The molecule has 38 heavy (non-hydrogen) atoms. The second-order valence-corrected chi connectivity index (χ2v) is 11.5. The van der Waals surface area contributed by atoms with Gasteiger partial charge >= 0.3 is 0 Å². The first-order chi connectivity index (χ1) is 17.9. The van der Waals surface area contributed by atoms with E-state index in [4.69, 9.17) is 34.8 Å². The molecule has 3 aromatic carbocycles. The van der Waals surface area contributed by atoms with E-state index in [0.717, 1.165) is 28.3 Å². The van der Waals surface area contributed by atoms with Gasteiger partial charge in [0.1, 0.15) is 18.4 Å². The number of sulfonamides is 1. The molecule has 2 amide bonds. The lowest BCUT2D eigenvalue weighted by Crippen LogP contribution is -2.53. The van der Waals surface area contributed by atoms with Crippen molar-refractivity contribution in [3.63, 3.8) is 0 Å². The van der Waals surface area contributed by atoms with Crippen molar-refractivity contribution in [2.45, 2.75) is 19.0 Å². The number of nitrogens with zero attached hydrogens (tertiary/aromatic N) is 2. The second-order valence-electron chi connectivity index (χ2n) is 8.41. The highest BCUT2D eigenvalue weighted by Gasteiger charge is 2.33. The first kappa shape index (κ1) is 29.7. The molecule has 0 fully saturated rings. The minimum absolute atomic E-state index is 0.0115. The van der Waals surface area contributed by atoms with Crippen LogP contribution in [0.2, 0.25) is 15.1 Å². The van der Waals surface area contributed by atoms with Crippen molar-refractivity contribution in [2.24, 2.45) is 0 Å². The van der Waals surface area contributed by atoms with Crippen LogP contribution in [0, 0.1) is 5.82 Å². The predicted molar refractivity (Wildman–Crippen MR) is 149 cm³/mol. The van der Waals surface area contributed by atoms with Crippen LogP contribution in [0.15, 0.2) is 66.7 Å². The number of amides is 2. The van der Waals surface area contributed by atoms with Gasteiger partial charge in [-0.1, -0.05) is 71.2 Å². The molecule has 0 aliphatic heterocycles. The smallest absolute Gasteiger partial charge is 0.244 e. The van der Waals surface area contributed by atoms with Crippen molar-refractivity contribution >= 4 is 62.3 Å². The van der Waals surface area contributed by atoms with Gasteiger partial charge in [-0.3, -0.25) is 13.9 Å². The van der Waals surface area contributed by atoms with Gasteiger partial charge < -0.3 is 10.2 Å². The Balaban J connectivity index is 2.08. The van der Waals surface area contributed by atoms with Crippen LogP contribution in [-0.2, 0) is 32.6 Å². The predicted octanol–water partition coefficient (Wildman–Crippen LogP) is 4.94. The summed E-state index contributed by atoms with van der Waals surface area (Å²) in [7, 11) is -2.58. The Morgan fingerprint density at radius 2 is 1.58 bits per heavy atom. The average molecular weight is 601 g/mol. The Hall–Kier alpha value is -2.85. The molecular weight excluding hydrogens is 576 g/mol. The largest absolute Gasteiger partial charge is 0.357 e. The Bertz CT molecular complexity index is 1400. The van der Waals surface area contributed by atoms with E-state index in [2.05, 4.69) is 5.32 Å². The lowest BCUT2D eigenvalue weighted by Gasteiger charge is -2.33. The molecule has 3 aromatic rings. The maximum Gasteiger partial charge on any atom is 0.244 e. The standard InChI is InChI=1S/C26H25Cl3FN3O4S/c1-31-26(35)24(13-17-7-4-3-5-8-17)32(15-19-20(27)9-6-10-21(19)28)25(34)16-33(38(2,36)37)18-11-12-23(30)22(29)14-18/h3-12,14,24H,13,15-16H2,1-2H3,(H,31,35). The summed E-state index contributed by atoms with van der Waals surface area (Å²) in [4.78, 5) is 28.2. The summed E-state index contributed by atoms with van der Waals surface area (Å²) in [6, 6.07) is 16.2. The third-order valence-corrected chi connectivity index (χ3v) is 7.92. The number of halogens is 4. The van der Waals surface area contributed by atoms with Crippen molar-refractivity contribution in [2.75, 3.05) is 24.2 Å². The van der Waals surface area contributed by atoms with Crippen LogP contribution in [0.5, 0.6) is 0 Å². The number of likely N-dealkylation sites (N-methyl/N-ethyl adjacent to an activating group) is 1. The summed E-state index contributed by atoms with van der Waals surface area (Å²) in [6.07, 6.45) is 1.04. The van der Waals surface area contributed by atoms with E-state index in [1.165, 1.54) is 18.0 Å². The summed E-state index contributed by atoms with van der Waals surface area (Å²) in [6.45, 7) is -0.866. The van der Waals surface area contributed by atoms with Gasteiger partial charge in [0.05, 0.1) is 17.0 Å². The minimum Gasteiger partial charge on any atom is -0.357 e. The Kier molecular flexibility index (Phi) is 10.0. The van der Waals surface area contributed by atoms with Crippen molar-refractivity contribution < 1.29 is 22.4 Å². The fourth-order valence-corrected chi connectivity index (χ4v) is 5.36. The molecule has 1 unspecified atom stereocenters. The number of hydrogen-bond acceptors (Lipinski definition) is 4. The molecular formula is C26H25Cl3FN3O4S. The van der Waals surface area contributed by atoms with E-state index in [1.54, 1.807) is 30.3 Å². The lowest BCUT2D eigenvalue weighted by atomic mass is 10.0. The van der Waals surface area contributed by atoms with E-state index in [-0.39, 0.29) is 33.7 Å². The number of carbonyl (C=O) groups is 2. The fraction of sp³-hybridized carbons (Fsp3) is 0.231. The van der Waals surface area contributed by atoms with Gasteiger partial charge in [-0.15, -0.1) is 0 Å². The van der Waals surface area contributed by atoms with Gasteiger partial charge in [0.15, 0.2) is 0 Å². The molecule has 0 bridgehead atoms. The van der Waals surface area contributed by atoms with Gasteiger partial charge in [-0.2, -0.15) is 0 Å². The average Bonchev–Trinajstić information content (AvgIpc) is 2.87. The molecule has 0 radical (unpaired) electrons. The van der Waals surface area contributed by atoms with E-state index in [1.807, 2.05) is 18.2 Å². The fourth-order valence-electron chi connectivity index (χ4n) is 3.83. The van der Waals surface area contributed by atoms with Gasteiger partial charge in [0, 0.05) is 35.6 Å². The zero-order valence-corrected chi connectivity index (χ0v) is 23.6. The molecule has 0 aliphatic carbocycles. The van der Waals surface area contributed by atoms with Gasteiger partial charge in [0.2, 0.25) is 21.8 Å². The van der Waals surface area contributed by atoms with Gasteiger partial charge in [-0.25, -0.2) is 12.8 Å². The number of nitrogens with one attached hydrogen (secondary N) is 1. The minimum atomic E-state index is -4.02. The Morgan fingerprint density at radius 1 is 0.947 bits per heavy atom. The van der Waals surface area contributed by atoms with Crippen LogP contribution < -0.4 is 9.62 Å². The van der Waals surface area contributed by atoms with Crippen molar-refractivity contribution in [3.8, 4) is 0 Å². The quantitative estimate of drug-likeness (QED) is 0.357. The van der Waals surface area contributed by atoms with Crippen molar-refractivity contribution in [1.29, 1.82) is 0 Å². The van der Waals surface area contributed by atoms with E-state index in [0.29, 0.717) is 5.56 Å². The maximum atomic E-state index is 13.9. The molecule has 0 heterocycles. The molecule has 0 saturated carbocycles. The van der Waals surface area contributed by atoms with Gasteiger partial charge in [0.25, 0.3) is 0 Å². The molecule has 0 spiro atoms. The lowest BCUT2D eigenvalue weighted by molar-refractivity contribution is -0.139. The normalized spacial score (nSPS) is 12.1. The second kappa shape index (κ2) is 12.8. The van der Waals surface area contributed by atoms with E-state index < -0.39 is 40.2 Å². The molecule has 7 nitrogen and oxygen atoms in total. The third-order valence-electron chi connectivity index (χ3n) is 5.78. The number of hydrogen-bond donors (Lipinski definition) is 1. The monoisotopic (exact) mass is 599 g/mol. The number of carbonyl (C=O) groups excluding carboxylic acids is 2. The van der Waals surface area contributed by atoms with E-state index >= 15 is 0 Å². The SMILES string of the molecule is CNC(=O)C(Cc1ccccc1)N(Cc1c(Cl)cccc1Cl)C(=O)CN(c1ccc(F)c(Cl)c1)S(C)(=O)=O. The Morgan fingerprint density at radius 3 is 2.13 bits per heavy atom. The molecule has 0 aromatic heterocycles. The number of rotatable bonds is 10. The Labute approximate surface area is 236 Å². The molecule has 202 valence electrons. The molecule has 3 rings (SSSR count). The number of anilines is 1. The van der Waals surface area contributed by atoms with Gasteiger partial charge in [-0.05, 0) is 35.9 Å². The van der Waals surface area contributed by atoms with Crippen LogP contribution in [0.4, 0.5) is 10.1 Å². The van der Waals surface area contributed by atoms with Crippen LogP contribution >= 0.6 is 34.8 Å². The topological polar surface area (TPSA) is 86.8 Å². The summed E-state index contributed by atoms with van der Waals surface area (Å²) in [5.41, 5.74) is 1.15. The highest BCUT2D eigenvalue weighted by molar-refractivity contribution is 7.92. The first-order valence-corrected chi connectivity index (χ1v) is 14.3. The first-order valence-electron chi connectivity index (χ1n) is 11.3. The molecule has 12 heteroatoms. The summed E-state index contributed by atoms with van der Waals surface area (Å²) in [5, 5.41) is 2.81. The molecule has 1 N–H and O–H groups in total. The number of benzene rings is 3. The molecule has 0 saturated heterocycles. The molecule has 0 aliphatic rings. The molecule has 1 atom stereocenters. The van der Waals surface area contributed by atoms with Crippen LogP contribution in [0.3, 0.4) is 0 Å².